The lowest BCUT2D eigenvalue weighted by Gasteiger charge is -2.33. The minimum absolute atomic E-state index is 0.129. The molecular weight excluding hydrogens is 604 g/mol. The summed E-state index contributed by atoms with van der Waals surface area (Å²) >= 11 is 1.64. The Morgan fingerprint density at radius 3 is 2.52 bits per heavy atom. The summed E-state index contributed by atoms with van der Waals surface area (Å²) in [6, 6.07) is 9.85. The standard InChI is InChI=1S/C34H42N6O5S/c1-32(2,3)44-30(41)39-17-7-9-26(39)28-35-20-25(36-28)27-15-13-22(46-27)12-10-21-11-14-23-24(19-21)38-29(37-23)34(43)16-8-18-40(34)31(42)45-33(4,5)6/h10-15,19-20,26,43H,7-9,16-18H2,1-6H3,(H,35,36)(H,37,38)/b12-10+/t26-,34-/m0/s1. The van der Waals surface area contributed by atoms with Gasteiger partial charge in [0.05, 0.1) is 33.8 Å². The smallest absolute Gasteiger partial charge is 0.412 e. The molecule has 2 atom stereocenters. The predicted molar refractivity (Wildman–Crippen MR) is 178 cm³/mol. The Bertz CT molecular complexity index is 1780. The van der Waals surface area contributed by atoms with Crippen molar-refractivity contribution in [3.8, 4) is 10.6 Å². The van der Waals surface area contributed by atoms with Gasteiger partial charge in [-0.05, 0) is 96.7 Å². The second kappa shape index (κ2) is 11.9. The molecule has 244 valence electrons. The van der Waals surface area contributed by atoms with Gasteiger partial charge in [-0.2, -0.15) is 0 Å². The molecule has 2 fully saturated rings. The first-order valence-corrected chi connectivity index (χ1v) is 16.6. The number of aromatic amines is 2. The van der Waals surface area contributed by atoms with E-state index in [1.165, 1.54) is 4.90 Å². The highest BCUT2D eigenvalue weighted by atomic mass is 32.1. The highest BCUT2D eigenvalue weighted by molar-refractivity contribution is 7.16. The van der Waals surface area contributed by atoms with Crippen molar-refractivity contribution in [2.75, 3.05) is 13.1 Å². The Hall–Kier alpha value is -4.16. The molecule has 2 aliphatic rings. The number of fused-ring (bicyclic) bond motifs is 1. The monoisotopic (exact) mass is 646 g/mol. The molecule has 6 rings (SSSR count). The molecule has 2 saturated heterocycles. The number of ether oxygens (including phenoxy) is 2. The van der Waals surface area contributed by atoms with Crippen LogP contribution in [0.4, 0.5) is 9.59 Å². The molecule has 11 nitrogen and oxygen atoms in total. The summed E-state index contributed by atoms with van der Waals surface area (Å²) in [4.78, 5) is 46.8. The minimum Gasteiger partial charge on any atom is -0.444 e. The number of rotatable bonds is 5. The second-order valence-corrected chi connectivity index (χ2v) is 15.1. The SMILES string of the molecule is CC(C)(C)OC(=O)N1CCC[C@H]1c1ncc(-c2ccc(/C=C/c3ccc4nc([C@@]5(O)CCCN5C(=O)OC(C)(C)C)[nH]c4c3)s2)[nH]1. The Labute approximate surface area is 272 Å². The van der Waals surface area contributed by atoms with E-state index in [1.54, 1.807) is 37.0 Å². The quantitative estimate of drug-likeness (QED) is 0.205. The maximum Gasteiger partial charge on any atom is 0.412 e. The van der Waals surface area contributed by atoms with Gasteiger partial charge in [0.1, 0.15) is 17.0 Å². The van der Waals surface area contributed by atoms with E-state index in [0.29, 0.717) is 37.3 Å². The zero-order valence-corrected chi connectivity index (χ0v) is 28.0. The summed E-state index contributed by atoms with van der Waals surface area (Å²) in [6.07, 6.45) is 7.82. The molecule has 2 aliphatic heterocycles. The van der Waals surface area contributed by atoms with E-state index in [2.05, 4.69) is 38.1 Å². The van der Waals surface area contributed by atoms with E-state index in [0.717, 1.165) is 45.2 Å². The van der Waals surface area contributed by atoms with Gasteiger partial charge in [-0.15, -0.1) is 11.3 Å². The van der Waals surface area contributed by atoms with Gasteiger partial charge in [0.25, 0.3) is 0 Å². The van der Waals surface area contributed by atoms with Crippen molar-refractivity contribution in [2.24, 2.45) is 0 Å². The zero-order valence-electron chi connectivity index (χ0n) is 27.2. The lowest BCUT2D eigenvalue weighted by Crippen LogP contribution is -2.47. The number of hydrogen-bond acceptors (Lipinski definition) is 8. The minimum atomic E-state index is -1.55. The Balaban J connectivity index is 1.14. The molecule has 3 aromatic heterocycles. The van der Waals surface area contributed by atoms with Crippen LogP contribution in [-0.4, -0.2) is 71.3 Å². The van der Waals surface area contributed by atoms with Crippen LogP contribution in [0.5, 0.6) is 0 Å². The van der Waals surface area contributed by atoms with Crippen molar-refractivity contribution in [3.63, 3.8) is 0 Å². The number of likely N-dealkylation sites (tertiary alicyclic amines) is 2. The number of benzene rings is 1. The second-order valence-electron chi connectivity index (χ2n) is 14.0. The topological polar surface area (TPSA) is 137 Å². The lowest BCUT2D eigenvalue weighted by atomic mass is 10.1. The molecule has 12 heteroatoms. The molecule has 0 spiro atoms. The molecule has 46 heavy (non-hydrogen) atoms. The first-order valence-electron chi connectivity index (χ1n) is 15.7. The molecule has 0 unspecified atom stereocenters. The van der Waals surface area contributed by atoms with E-state index in [-0.39, 0.29) is 12.1 Å². The third-order valence-corrected chi connectivity index (χ3v) is 9.06. The number of aliphatic hydroxyl groups is 1. The molecule has 0 aliphatic carbocycles. The van der Waals surface area contributed by atoms with Crippen molar-refractivity contribution < 1.29 is 24.2 Å². The van der Waals surface area contributed by atoms with Gasteiger partial charge < -0.3 is 24.5 Å². The highest BCUT2D eigenvalue weighted by Crippen LogP contribution is 2.38. The normalized spacial score (nSPS) is 20.7. The van der Waals surface area contributed by atoms with E-state index in [1.807, 2.05) is 51.2 Å². The zero-order chi connectivity index (χ0) is 32.9. The maximum atomic E-state index is 12.8. The van der Waals surface area contributed by atoms with Crippen LogP contribution in [0.25, 0.3) is 33.8 Å². The van der Waals surface area contributed by atoms with Gasteiger partial charge in [0.15, 0.2) is 5.82 Å². The molecule has 3 N–H and O–H groups in total. The number of nitrogens with one attached hydrogen (secondary N) is 2. The number of aromatic nitrogens is 4. The molecule has 0 bridgehead atoms. The third kappa shape index (κ3) is 6.68. The summed E-state index contributed by atoms with van der Waals surface area (Å²) in [5.74, 6) is 1.10. The van der Waals surface area contributed by atoms with E-state index < -0.39 is 23.0 Å². The van der Waals surface area contributed by atoms with Crippen molar-refractivity contribution in [1.29, 1.82) is 0 Å². The average Bonchev–Trinajstić information content (AvgIpc) is 3.78. The molecule has 0 saturated carbocycles. The van der Waals surface area contributed by atoms with Crippen LogP contribution in [0.1, 0.15) is 95.4 Å². The van der Waals surface area contributed by atoms with Crippen LogP contribution in [-0.2, 0) is 15.2 Å². The number of amides is 2. The van der Waals surface area contributed by atoms with Gasteiger partial charge >= 0.3 is 12.2 Å². The molecule has 0 radical (unpaired) electrons. The Morgan fingerprint density at radius 1 is 1.00 bits per heavy atom. The van der Waals surface area contributed by atoms with E-state index >= 15 is 0 Å². The average molecular weight is 647 g/mol. The molecule has 2 amide bonds. The third-order valence-electron chi connectivity index (χ3n) is 7.98. The summed E-state index contributed by atoms with van der Waals surface area (Å²) in [5, 5.41) is 11.5. The summed E-state index contributed by atoms with van der Waals surface area (Å²) in [5.41, 5.74) is 0.586. The lowest BCUT2D eigenvalue weighted by molar-refractivity contribution is -0.0943. The van der Waals surface area contributed by atoms with Gasteiger partial charge in [-0.1, -0.05) is 12.1 Å². The maximum absolute atomic E-state index is 12.8. The van der Waals surface area contributed by atoms with Crippen LogP contribution >= 0.6 is 11.3 Å². The van der Waals surface area contributed by atoms with Crippen LogP contribution in [0.3, 0.4) is 0 Å². The first-order chi connectivity index (χ1) is 21.7. The first kappa shape index (κ1) is 31.8. The number of carbonyl (C=O) groups excluding carboxylic acids is 2. The molecule has 4 aromatic rings. The van der Waals surface area contributed by atoms with Crippen molar-refractivity contribution in [2.45, 2.75) is 90.2 Å². The number of nitrogens with zero attached hydrogens (tertiary/aromatic N) is 4. The van der Waals surface area contributed by atoms with Crippen molar-refractivity contribution in [3.05, 3.63) is 58.6 Å². The van der Waals surface area contributed by atoms with Gasteiger partial charge in [-0.3, -0.25) is 9.80 Å². The molecule has 5 heterocycles. The van der Waals surface area contributed by atoms with Gasteiger partial charge in [0.2, 0.25) is 5.72 Å². The Morgan fingerprint density at radius 2 is 1.76 bits per heavy atom. The van der Waals surface area contributed by atoms with Crippen LogP contribution in [0, 0.1) is 0 Å². The number of thiophene rings is 1. The fraction of sp³-hybridized carbons (Fsp3) is 0.471. The summed E-state index contributed by atoms with van der Waals surface area (Å²) < 4.78 is 11.2. The number of hydrogen-bond donors (Lipinski definition) is 3. The Kier molecular flexibility index (Phi) is 8.22. The fourth-order valence-electron chi connectivity index (χ4n) is 5.92. The number of H-pyrrole nitrogens is 2. The number of imidazole rings is 2. The van der Waals surface area contributed by atoms with Crippen LogP contribution < -0.4 is 0 Å². The summed E-state index contributed by atoms with van der Waals surface area (Å²) in [7, 11) is 0. The van der Waals surface area contributed by atoms with E-state index in [4.69, 9.17) is 9.47 Å². The molecular formula is C34H42N6O5S. The van der Waals surface area contributed by atoms with Crippen molar-refractivity contribution in [1.82, 2.24) is 29.7 Å². The van der Waals surface area contributed by atoms with Gasteiger partial charge in [0, 0.05) is 24.4 Å². The largest absolute Gasteiger partial charge is 0.444 e. The van der Waals surface area contributed by atoms with Crippen LogP contribution in [0.15, 0.2) is 36.5 Å². The fourth-order valence-corrected chi connectivity index (χ4v) is 6.79. The van der Waals surface area contributed by atoms with E-state index in [9.17, 15) is 14.7 Å². The summed E-state index contributed by atoms with van der Waals surface area (Å²) in [6.45, 7) is 12.1. The van der Waals surface area contributed by atoms with Crippen molar-refractivity contribution >= 4 is 46.7 Å². The van der Waals surface area contributed by atoms with Gasteiger partial charge in [-0.25, -0.2) is 19.6 Å². The number of carbonyl (C=O) groups is 2. The molecule has 1 aromatic carbocycles. The van der Waals surface area contributed by atoms with Crippen LogP contribution in [0.2, 0.25) is 0 Å². The highest BCUT2D eigenvalue weighted by Gasteiger charge is 2.47. The predicted octanol–water partition coefficient (Wildman–Crippen LogP) is 7.43.